The van der Waals surface area contributed by atoms with Crippen molar-refractivity contribution < 1.29 is 22.3 Å². The summed E-state index contributed by atoms with van der Waals surface area (Å²) >= 11 is 7.92. The lowest BCUT2D eigenvalue weighted by atomic mass is 10.1. The molecule has 0 aliphatic rings. The van der Waals surface area contributed by atoms with Crippen LogP contribution in [0.2, 0.25) is 5.02 Å². The van der Waals surface area contributed by atoms with Gasteiger partial charge in [0.05, 0.1) is 35.2 Å². The summed E-state index contributed by atoms with van der Waals surface area (Å²) in [6.45, 7) is 0.394. The van der Waals surface area contributed by atoms with Gasteiger partial charge in [0, 0.05) is 41.5 Å². The van der Waals surface area contributed by atoms with Crippen LogP contribution in [0.15, 0.2) is 89.9 Å². The van der Waals surface area contributed by atoms with Crippen molar-refractivity contribution >= 4 is 55.2 Å². The number of sulfone groups is 1. The minimum absolute atomic E-state index is 0.0172. The van der Waals surface area contributed by atoms with Crippen molar-refractivity contribution in [2.45, 2.75) is 18.4 Å². The average molecular weight is 665 g/mol. The quantitative estimate of drug-likeness (QED) is 0.144. The van der Waals surface area contributed by atoms with E-state index in [4.69, 9.17) is 21.1 Å². The lowest BCUT2D eigenvalue weighted by Crippen LogP contribution is -2.16. The molecule has 45 heavy (non-hydrogen) atoms. The topological polar surface area (TPSA) is 121 Å². The molecule has 0 spiro atoms. The maximum Gasteiger partial charge on any atom is 0.227 e. The van der Waals surface area contributed by atoms with Gasteiger partial charge >= 0.3 is 0 Å². The Morgan fingerprint density at radius 1 is 1.04 bits per heavy atom. The van der Waals surface area contributed by atoms with Gasteiger partial charge in [0.1, 0.15) is 35.3 Å². The second-order valence-electron chi connectivity index (χ2n) is 9.96. The average Bonchev–Trinajstić information content (AvgIpc) is 3.69. The molecule has 0 saturated heterocycles. The van der Waals surface area contributed by atoms with Crippen molar-refractivity contribution in [2.24, 2.45) is 7.05 Å². The van der Waals surface area contributed by atoms with E-state index < -0.39 is 9.84 Å². The number of nitrogens with one attached hydrogen (secondary N) is 1. The molecule has 3 aromatic carbocycles. The normalized spacial score (nSPS) is 11.6. The zero-order valence-electron chi connectivity index (χ0n) is 23.9. The third-order valence-electron chi connectivity index (χ3n) is 6.74. The van der Waals surface area contributed by atoms with Gasteiger partial charge in [0.15, 0.2) is 0 Å². The Morgan fingerprint density at radius 2 is 1.93 bits per heavy atom. The fourth-order valence-electron chi connectivity index (χ4n) is 4.52. The van der Waals surface area contributed by atoms with E-state index in [0.717, 1.165) is 27.2 Å². The number of ether oxygens (including phenoxy) is 2. The Labute approximate surface area is 267 Å². The van der Waals surface area contributed by atoms with Crippen molar-refractivity contribution in [3.8, 4) is 17.0 Å². The first kappa shape index (κ1) is 30.6. The molecule has 0 saturated carbocycles. The number of thiazole rings is 1. The molecule has 6 aromatic rings. The van der Waals surface area contributed by atoms with Gasteiger partial charge in [-0.3, -0.25) is 0 Å². The molecular formula is C31H26ClFN6O4S2. The van der Waals surface area contributed by atoms with Crippen molar-refractivity contribution in [2.75, 3.05) is 17.7 Å². The van der Waals surface area contributed by atoms with E-state index in [-0.39, 0.29) is 36.5 Å². The molecule has 0 aliphatic carbocycles. The third-order valence-corrected chi connectivity index (χ3v) is 9.51. The molecule has 14 heteroatoms. The Hall–Kier alpha value is -4.43. The van der Waals surface area contributed by atoms with Crippen LogP contribution in [0.5, 0.6) is 5.75 Å². The summed E-state index contributed by atoms with van der Waals surface area (Å²) in [4.78, 5) is 17.4. The number of hydrogen-bond donors (Lipinski definition) is 1. The van der Waals surface area contributed by atoms with Gasteiger partial charge in [-0.25, -0.2) is 32.7 Å². The fraction of sp³-hybridized carbons (Fsp3) is 0.161. The smallest absolute Gasteiger partial charge is 0.227 e. The number of imidazole rings is 1. The number of aromatic nitrogens is 5. The van der Waals surface area contributed by atoms with E-state index >= 15 is 0 Å². The van der Waals surface area contributed by atoms with E-state index in [1.807, 2.05) is 29.6 Å². The predicted molar refractivity (Wildman–Crippen MR) is 171 cm³/mol. The molecule has 0 aliphatic heterocycles. The molecular weight excluding hydrogens is 639 g/mol. The van der Waals surface area contributed by atoms with Crippen molar-refractivity contribution in [3.63, 3.8) is 0 Å². The van der Waals surface area contributed by atoms with Crippen LogP contribution in [0.25, 0.3) is 22.2 Å². The molecule has 0 atom stereocenters. The van der Waals surface area contributed by atoms with E-state index in [2.05, 4.69) is 25.3 Å². The Kier molecular flexibility index (Phi) is 9.03. The third kappa shape index (κ3) is 7.28. The maximum absolute atomic E-state index is 13.5. The van der Waals surface area contributed by atoms with Crippen LogP contribution in [0.3, 0.4) is 0 Å². The van der Waals surface area contributed by atoms with Gasteiger partial charge in [-0.1, -0.05) is 29.8 Å². The summed E-state index contributed by atoms with van der Waals surface area (Å²) in [5, 5.41) is 7.13. The van der Waals surface area contributed by atoms with Gasteiger partial charge in [-0.2, -0.15) is 0 Å². The van der Waals surface area contributed by atoms with E-state index in [1.165, 1.54) is 40.6 Å². The van der Waals surface area contributed by atoms with Gasteiger partial charge in [0.25, 0.3) is 0 Å². The SMILES string of the molecule is Cn1ccnc1S(=O)(=O)CCOCc1nc(-c2ccc3ncnc(Nc4ccc(OCc5cccc(F)c5)c(Cl)c4)c3c2)cs1. The van der Waals surface area contributed by atoms with Crippen molar-refractivity contribution in [1.29, 1.82) is 0 Å². The first-order valence-electron chi connectivity index (χ1n) is 13.7. The van der Waals surface area contributed by atoms with Crippen LogP contribution in [0.4, 0.5) is 15.9 Å². The monoisotopic (exact) mass is 664 g/mol. The number of nitrogens with zero attached hydrogens (tertiary/aromatic N) is 5. The van der Waals surface area contributed by atoms with E-state index in [0.29, 0.717) is 27.8 Å². The van der Waals surface area contributed by atoms with Crippen LogP contribution >= 0.6 is 22.9 Å². The highest BCUT2D eigenvalue weighted by Crippen LogP contribution is 2.33. The number of fused-ring (bicyclic) bond motifs is 1. The summed E-state index contributed by atoms with van der Waals surface area (Å²) in [6, 6.07) is 17.3. The van der Waals surface area contributed by atoms with Gasteiger partial charge in [-0.05, 0) is 48.0 Å². The summed E-state index contributed by atoms with van der Waals surface area (Å²) < 4.78 is 51.3. The van der Waals surface area contributed by atoms with Crippen LogP contribution in [0, 0.1) is 5.82 Å². The zero-order chi connectivity index (χ0) is 31.4. The fourth-order valence-corrected chi connectivity index (χ4v) is 6.73. The number of aryl methyl sites for hydroxylation is 1. The molecule has 1 N–H and O–H groups in total. The minimum atomic E-state index is -3.54. The molecule has 0 radical (unpaired) electrons. The molecule has 3 heterocycles. The van der Waals surface area contributed by atoms with E-state index in [9.17, 15) is 12.8 Å². The molecule has 10 nitrogen and oxygen atoms in total. The maximum atomic E-state index is 13.5. The summed E-state index contributed by atoms with van der Waals surface area (Å²) in [5.74, 6) is 0.555. The number of rotatable bonds is 12. The Balaban J connectivity index is 1.11. The van der Waals surface area contributed by atoms with Crippen LogP contribution in [-0.2, 0) is 34.8 Å². The van der Waals surface area contributed by atoms with Gasteiger partial charge in [-0.15, -0.1) is 11.3 Å². The summed E-state index contributed by atoms with van der Waals surface area (Å²) in [7, 11) is -1.90. The molecule has 6 rings (SSSR count). The van der Waals surface area contributed by atoms with Crippen LogP contribution < -0.4 is 10.1 Å². The first-order chi connectivity index (χ1) is 21.7. The number of benzene rings is 3. The predicted octanol–water partition coefficient (Wildman–Crippen LogP) is 6.59. The number of halogens is 2. The summed E-state index contributed by atoms with van der Waals surface area (Å²) in [5.41, 5.74) is 3.74. The van der Waals surface area contributed by atoms with Crippen molar-refractivity contribution in [1.82, 2.24) is 24.5 Å². The first-order valence-corrected chi connectivity index (χ1v) is 16.6. The second-order valence-corrected chi connectivity index (χ2v) is 13.3. The lowest BCUT2D eigenvalue weighted by molar-refractivity contribution is 0.135. The molecule has 0 unspecified atom stereocenters. The van der Waals surface area contributed by atoms with Crippen LogP contribution in [-0.4, -0.2) is 45.3 Å². The molecule has 0 fully saturated rings. The Morgan fingerprint density at radius 3 is 2.73 bits per heavy atom. The summed E-state index contributed by atoms with van der Waals surface area (Å²) in [6.07, 6.45) is 4.52. The standard InChI is InChI=1S/C31H26ClFN6O4S2/c1-39-10-9-34-31(39)45(40,41)12-11-42-17-29-38-27(18-44-29)21-5-7-26-24(14-21)30(36-19-35-26)37-23-6-8-28(25(32)15-23)43-16-20-3-2-4-22(33)13-20/h2-10,13-15,18-19H,11-12,16-17H2,1H3,(H,35,36,37). The highest BCUT2D eigenvalue weighted by molar-refractivity contribution is 7.91. The number of anilines is 2. The molecule has 3 aromatic heterocycles. The minimum Gasteiger partial charge on any atom is -0.487 e. The molecule has 0 bridgehead atoms. The van der Waals surface area contributed by atoms with Crippen molar-refractivity contribution in [3.05, 3.63) is 106 Å². The largest absolute Gasteiger partial charge is 0.487 e. The van der Waals surface area contributed by atoms with Crippen LogP contribution in [0.1, 0.15) is 10.6 Å². The zero-order valence-corrected chi connectivity index (χ0v) is 26.2. The molecule has 0 amide bonds. The van der Waals surface area contributed by atoms with Gasteiger partial charge in [0.2, 0.25) is 15.0 Å². The lowest BCUT2D eigenvalue weighted by Gasteiger charge is -2.12. The second kappa shape index (κ2) is 13.3. The highest BCUT2D eigenvalue weighted by atomic mass is 35.5. The highest BCUT2D eigenvalue weighted by Gasteiger charge is 2.19. The number of hydrogen-bond acceptors (Lipinski definition) is 10. The molecule has 230 valence electrons. The van der Waals surface area contributed by atoms with Gasteiger partial charge < -0.3 is 19.4 Å². The van der Waals surface area contributed by atoms with E-state index in [1.54, 1.807) is 37.5 Å². The Bertz CT molecular complexity index is 2090.